The first-order chi connectivity index (χ1) is 7.36. The summed E-state index contributed by atoms with van der Waals surface area (Å²) in [6.45, 7) is 4.41. The Labute approximate surface area is 90.3 Å². The van der Waals surface area contributed by atoms with E-state index >= 15 is 0 Å². The summed E-state index contributed by atoms with van der Waals surface area (Å²) in [6.07, 6.45) is 4.63. The van der Waals surface area contributed by atoms with E-state index in [0.29, 0.717) is 0 Å². The Hall–Kier alpha value is -0.830. The monoisotopic (exact) mass is 206 g/mol. The third-order valence-electron chi connectivity index (χ3n) is 3.39. The molecule has 3 heteroatoms. The lowest BCUT2D eigenvalue weighted by molar-refractivity contribution is 0.314. The van der Waals surface area contributed by atoms with Gasteiger partial charge < -0.3 is 9.73 Å². The van der Waals surface area contributed by atoms with Gasteiger partial charge in [-0.3, -0.25) is 0 Å². The van der Waals surface area contributed by atoms with Gasteiger partial charge in [-0.05, 0) is 31.8 Å². The van der Waals surface area contributed by atoms with Gasteiger partial charge in [0, 0.05) is 18.8 Å². The molecule has 0 spiro atoms. The molecule has 1 N–H and O–H groups in total. The Bertz CT molecular complexity index is 351. The lowest BCUT2D eigenvalue weighted by atomic mass is 10.00. The van der Waals surface area contributed by atoms with Crippen LogP contribution in [-0.4, -0.2) is 18.1 Å². The van der Waals surface area contributed by atoms with Gasteiger partial charge in [0.15, 0.2) is 5.89 Å². The third kappa shape index (κ3) is 1.81. The van der Waals surface area contributed by atoms with E-state index in [4.69, 9.17) is 4.42 Å². The maximum absolute atomic E-state index is 5.83. The minimum Gasteiger partial charge on any atom is -0.445 e. The summed E-state index contributed by atoms with van der Waals surface area (Å²) in [5.74, 6) is 3.58. The number of oxazole rings is 1. The molecular formula is C12H18N2O. The molecule has 0 aromatic carbocycles. The highest BCUT2D eigenvalue weighted by Gasteiger charge is 2.30. The highest BCUT2D eigenvalue weighted by atomic mass is 16.4. The summed E-state index contributed by atoms with van der Waals surface area (Å²) in [5.41, 5.74) is 1.26. The van der Waals surface area contributed by atoms with Gasteiger partial charge in [-0.2, -0.15) is 0 Å². The molecule has 3 rings (SSSR count). The molecule has 0 bridgehead atoms. The minimum atomic E-state index is 0.719. The van der Waals surface area contributed by atoms with Crippen LogP contribution in [0, 0.1) is 5.92 Å². The van der Waals surface area contributed by atoms with Gasteiger partial charge in [-0.25, -0.2) is 4.98 Å². The zero-order valence-corrected chi connectivity index (χ0v) is 9.25. The molecule has 1 saturated heterocycles. The fraction of sp³-hybridized carbons (Fsp3) is 0.750. The van der Waals surface area contributed by atoms with Crippen LogP contribution in [0.3, 0.4) is 0 Å². The predicted octanol–water partition coefficient (Wildman–Crippen LogP) is 1.88. The Morgan fingerprint density at radius 2 is 2.20 bits per heavy atom. The number of hydrogen-bond acceptors (Lipinski definition) is 3. The van der Waals surface area contributed by atoms with Crippen molar-refractivity contribution in [3.63, 3.8) is 0 Å². The van der Waals surface area contributed by atoms with Crippen molar-refractivity contribution in [2.75, 3.05) is 13.1 Å². The topological polar surface area (TPSA) is 38.1 Å². The van der Waals surface area contributed by atoms with Crippen molar-refractivity contribution < 1.29 is 4.42 Å². The quantitative estimate of drug-likeness (QED) is 0.817. The summed E-state index contributed by atoms with van der Waals surface area (Å²) >= 11 is 0. The normalized spacial score (nSPS) is 21.7. The molecule has 2 heterocycles. The van der Waals surface area contributed by atoms with Gasteiger partial charge in [-0.15, -0.1) is 0 Å². The van der Waals surface area contributed by atoms with Crippen LogP contribution in [0.5, 0.6) is 0 Å². The second kappa shape index (κ2) is 3.63. The fourth-order valence-electron chi connectivity index (χ4n) is 2.17. The first kappa shape index (κ1) is 9.40. The lowest BCUT2D eigenvalue weighted by Crippen LogP contribution is -2.43. The second-order valence-electron chi connectivity index (χ2n) is 4.77. The number of aryl methyl sites for hydroxylation is 1. The largest absolute Gasteiger partial charge is 0.445 e. The van der Waals surface area contributed by atoms with E-state index in [1.165, 1.54) is 18.5 Å². The molecular weight excluding hydrogens is 188 g/mol. The van der Waals surface area contributed by atoms with Crippen molar-refractivity contribution in [3.05, 3.63) is 17.3 Å². The second-order valence-corrected chi connectivity index (χ2v) is 4.77. The first-order valence-electron chi connectivity index (χ1n) is 6.06. The molecule has 3 nitrogen and oxygen atoms in total. The summed E-state index contributed by atoms with van der Waals surface area (Å²) in [6, 6.07) is 0. The average molecular weight is 206 g/mol. The molecule has 82 valence electrons. The number of rotatable bonds is 4. The van der Waals surface area contributed by atoms with Gasteiger partial charge in [0.05, 0.1) is 5.69 Å². The van der Waals surface area contributed by atoms with Crippen molar-refractivity contribution >= 4 is 0 Å². The maximum atomic E-state index is 5.83. The first-order valence-corrected chi connectivity index (χ1v) is 6.06. The van der Waals surface area contributed by atoms with Gasteiger partial charge >= 0.3 is 0 Å². The van der Waals surface area contributed by atoms with Crippen LogP contribution < -0.4 is 5.32 Å². The van der Waals surface area contributed by atoms with Crippen molar-refractivity contribution in [1.82, 2.24) is 10.3 Å². The van der Waals surface area contributed by atoms with Crippen LogP contribution >= 0.6 is 0 Å². The molecule has 1 aromatic rings. The zero-order valence-electron chi connectivity index (χ0n) is 9.25. The fourth-order valence-corrected chi connectivity index (χ4v) is 2.17. The van der Waals surface area contributed by atoms with E-state index in [-0.39, 0.29) is 0 Å². The van der Waals surface area contributed by atoms with Gasteiger partial charge in [0.1, 0.15) is 5.76 Å². The summed E-state index contributed by atoms with van der Waals surface area (Å²) in [7, 11) is 0. The van der Waals surface area contributed by atoms with Crippen LogP contribution in [-0.2, 0) is 12.8 Å². The molecule has 0 radical (unpaired) electrons. The average Bonchev–Trinajstić information content (AvgIpc) is 2.93. The van der Waals surface area contributed by atoms with E-state index < -0.39 is 0 Å². The molecule has 2 fully saturated rings. The number of hydrogen-bond donors (Lipinski definition) is 1. The SMILES string of the molecule is CCc1oc(CC2CNC2)nc1C1CC1. The Balaban J connectivity index is 1.76. The van der Waals surface area contributed by atoms with Crippen molar-refractivity contribution in [2.45, 2.75) is 38.5 Å². The van der Waals surface area contributed by atoms with Gasteiger partial charge in [0.25, 0.3) is 0 Å². The zero-order chi connectivity index (χ0) is 10.3. The van der Waals surface area contributed by atoms with Crippen molar-refractivity contribution in [2.24, 2.45) is 5.92 Å². The van der Waals surface area contributed by atoms with Gasteiger partial charge in [-0.1, -0.05) is 6.92 Å². The summed E-state index contributed by atoms with van der Waals surface area (Å²) in [4.78, 5) is 4.67. The summed E-state index contributed by atoms with van der Waals surface area (Å²) < 4.78 is 5.83. The molecule has 1 aromatic heterocycles. The number of nitrogens with one attached hydrogen (secondary N) is 1. The highest BCUT2D eigenvalue weighted by Crippen LogP contribution is 2.41. The van der Waals surface area contributed by atoms with Gasteiger partial charge in [0.2, 0.25) is 0 Å². The molecule has 0 amide bonds. The minimum absolute atomic E-state index is 0.719. The number of nitrogens with zero attached hydrogens (tertiary/aromatic N) is 1. The molecule has 1 aliphatic heterocycles. The van der Waals surface area contributed by atoms with E-state index in [9.17, 15) is 0 Å². The van der Waals surface area contributed by atoms with Crippen LogP contribution in [0.1, 0.15) is 43.0 Å². The maximum Gasteiger partial charge on any atom is 0.195 e. The Morgan fingerprint density at radius 3 is 2.73 bits per heavy atom. The Kier molecular flexibility index (Phi) is 2.28. The van der Waals surface area contributed by atoms with E-state index in [1.807, 2.05) is 0 Å². The van der Waals surface area contributed by atoms with E-state index in [0.717, 1.165) is 49.4 Å². The van der Waals surface area contributed by atoms with E-state index in [2.05, 4.69) is 17.2 Å². The Morgan fingerprint density at radius 1 is 1.40 bits per heavy atom. The third-order valence-corrected chi connectivity index (χ3v) is 3.39. The molecule has 1 saturated carbocycles. The van der Waals surface area contributed by atoms with Crippen LogP contribution in [0.4, 0.5) is 0 Å². The lowest BCUT2D eigenvalue weighted by Gasteiger charge is -2.25. The predicted molar refractivity (Wildman–Crippen MR) is 57.9 cm³/mol. The van der Waals surface area contributed by atoms with Crippen molar-refractivity contribution in [3.8, 4) is 0 Å². The number of aromatic nitrogens is 1. The van der Waals surface area contributed by atoms with E-state index in [1.54, 1.807) is 0 Å². The molecule has 0 atom stereocenters. The molecule has 1 aliphatic carbocycles. The summed E-state index contributed by atoms with van der Waals surface area (Å²) in [5, 5.41) is 3.28. The smallest absolute Gasteiger partial charge is 0.195 e. The van der Waals surface area contributed by atoms with Crippen LogP contribution in [0.15, 0.2) is 4.42 Å². The molecule has 15 heavy (non-hydrogen) atoms. The standard InChI is InChI=1S/C12H18N2O/c1-2-10-12(9-3-4-9)14-11(15-10)5-8-6-13-7-8/h8-9,13H,2-7H2,1H3. The highest BCUT2D eigenvalue weighted by molar-refractivity contribution is 5.20. The van der Waals surface area contributed by atoms with Crippen molar-refractivity contribution in [1.29, 1.82) is 0 Å². The molecule has 2 aliphatic rings. The van der Waals surface area contributed by atoms with Crippen LogP contribution in [0.25, 0.3) is 0 Å². The molecule has 0 unspecified atom stereocenters. The van der Waals surface area contributed by atoms with Crippen LogP contribution in [0.2, 0.25) is 0 Å².